The summed E-state index contributed by atoms with van der Waals surface area (Å²) in [4.78, 5) is 15.6. The van der Waals surface area contributed by atoms with Gasteiger partial charge in [0, 0.05) is 23.8 Å². The quantitative estimate of drug-likeness (QED) is 0.724. The maximum absolute atomic E-state index is 11.4. The summed E-state index contributed by atoms with van der Waals surface area (Å²) in [7, 11) is 0. The number of hydrogen-bond acceptors (Lipinski definition) is 4. The van der Waals surface area contributed by atoms with E-state index in [2.05, 4.69) is 47.5 Å². The number of anilines is 1. The molecule has 1 aromatic heterocycles. The normalized spacial score (nSPS) is 11.1. The number of rotatable bonds is 5. The minimum Gasteiger partial charge on any atom is -0.444 e. The Morgan fingerprint density at radius 1 is 1.35 bits per heavy atom. The predicted octanol–water partition coefficient (Wildman–Crippen LogP) is 3.93. The molecule has 112 valence electrons. The van der Waals surface area contributed by atoms with Crippen molar-refractivity contribution in [2.75, 3.05) is 18.4 Å². The van der Waals surface area contributed by atoms with Crippen LogP contribution in [0.25, 0.3) is 0 Å². The van der Waals surface area contributed by atoms with Crippen LogP contribution in [0.2, 0.25) is 0 Å². The first-order valence-electron chi connectivity index (χ1n) is 6.30. The minimum absolute atomic E-state index is 0.388. The van der Waals surface area contributed by atoms with E-state index in [1.165, 1.54) is 0 Å². The molecule has 1 heterocycles. The van der Waals surface area contributed by atoms with Crippen molar-refractivity contribution in [3.8, 4) is 0 Å². The number of pyridine rings is 1. The van der Waals surface area contributed by atoms with E-state index in [1.54, 1.807) is 6.20 Å². The van der Waals surface area contributed by atoms with Crippen LogP contribution in [-0.2, 0) is 4.74 Å². The monoisotopic (exact) mass is 407 g/mol. The lowest BCUT2D eigenvalue weighted by molar-refractivity contribution is 0.0528. The maximum Gasteiger partial charge on any atom is 0.407 e. The molecule has 0 saturated heterocycles. The zero-order valence-electron chi connectivity index (χ0n) is 11.8. The molecule has 1 amide bonds. The Kier molecular flexibility index (Phi) is 6.75. The molecule has 0 bridgehead atoms. The Morgan fingerprint density at radius 3 is 2.65 bits per heavy atom. The molecule has 20 heavy (non-hydrogen) atoms. The molecule has 0 aliphatic carbocycles. The summed E-state index contributed by atoms with van der Waals surface area (Å²) in [6.07, 6.45) is 2.12. The largest absolute Gasteiger partial charge is 0.444 e. The molecule has 0 aliphatic heterocycles. The molecular formula is C13H19Br2N3O2. The molecule has 5 nitrogen and oxygen atoms in total. The van der Waals surface area contributed by atoms with Gasteiger partial charge in [0.25, 0.3) is 0 Å². The molecule has 0 radical (unpaired) electrons. The van der Waals surface area contributed by atoms with Crippen LogP contribution in [0.5, 0.6) is 0 Å². The van der Waals surface area contributed by atoms with E-state index >= 15 is 0 Å². The molecule has 0 aliphatic rings. The van der Waals surface area contributed by atoms with Crippen molar-refractivity contribution in [2.24, 2.45) is 0 Å². The number of carbonyl (C=O) groups excluding carboxylic acids is 1. The van der Waals surface area contributed by atoms with Gasteiger partial charge in [0.2, 0.25) is 0 Å². The van der Waals surface area contributed by atoms with Gasteiger partial charge in [-0.15, -0.1) is 0 Å². The minimum atomic E-state index is -0.464. The van der Waals surface area contributed by atoms with Gasteiger partial charge in [-0.2, -0.15) is 0 Å². The lowest BCUT2D eigenvalue weighted by Crippen LogP contribution is -2.33. The van der Waals surface area contributed by atoms with Gasteiger partial charge < -0.3 is 15.4 Å². The highest BCUT2D eigenvalue weighted by atomic mass is 79.9. The second-order valence-electron chi connectivity index (χ2n) is 5.19. The summed E-state index contributed by atoms with van der Waals surface area (Å²) < 4.78 is 6.95. The molecule has 0 spiro atoms. The highest BCUT2D eigenvalue weighted by Gasteiger charge is 2.15. The van der Waals surface area contributed by atoms with Gasteiger partial charge in [-0.3, -0.25) is 0 Å². The van der Waals surface area contributed by atoms with Crippen LogP contribution >= 0.6 is 31.9 Å². The Balaban J connectivity index is 2.21. The summed E-state index contributed by atoms with van der Waals surface area (Å²) in [5.74, 6) is 0.783. The number of nitrogens with zero attached hydrogens (tertiary/aromatic N) is 1. The highest BCUT2D eigenvalue weighted by Crippen LogP contribution is 2.23. The van der Waals surface area contributed by atoms with E-state index in [-0.39, 0.29) is 6.09 Å². The molecule has 0 saturated carbocycles. The zero-order valence-corrected chi connectivity index (χ0v) is 15.0. The molecule has 0 fully saturated rings. The second-order valence-corrected chi connectivity index (χ2v) is 6.96. The van der Waals surface area contributed by atoms with E-state index in [9.17, 15) is 4.79 Å². The summed E-state index contributed by atoms with van der Waals surface area (Å²) in [6.45, 7) is 6.78. The number of aromatic nitrogens is 1. The van der Waals surface area contributed by atoms with E-state index in [0.29, 0.717) is 13.1 Å². The van der Waals surface area contributed by atoms with Crippen LogP contribution in [0.3, 0.4) is 0 Å². The Bertz CT molecular complexity index is 461. The van der Waals surface area contributed by atoms with Gasteiger partial charge >= 0.3 is 6.09 Å². The van der Waals surface area contributed by atoms with E-state index < -0.39 is 5.60 Å². The lowest BCUT2D eigenvalue weighted by Gasteiger charge is -2.19. The zero-order chi connectivity index (χ0) is 15.2. The van der Waals surface area contributed by atoms with Gasteiger partial charge in [0.1, 0.15) is 11.4 Å². The first kappa shape index (κ1) is 17.2. The Morgan fingerprint density at radius 2 is 2.05 bits per heavy atom. The van der Waals surface area contributed by atoms with Crippen LogP contribution in [0, 0.1) is 0 Å². The number of hydrogen-bond donors (Lipinski definition) is 2. The fraction of sp³-hybridized carbons (Fsp3) is 0.538. The highest BCUT2D eigenvalue weighted by molar-refractivity contribution is 9.11. The number of ether oxygens (including phenoxy) is 1. The topological polar surface area (TPSA) is 63.2 Å². The third-order valence-corrected chi connectivity index (χ3v) is 3.16. The molecule has 0 aromatic carbocycles. The molecule has 1 aromatic rings. The van der Waals surface area contributed by atoms with Crippen LogP contribution in [0.15, 0.2) is 21.2 Å². The van der Waals surface area contributed by atoms with Gasteiger partial charge in [0.05, 0.1) is 4.47 Å². The maximum atomic E-state index is 11.4. The van der Waals surface area contributed by atoms with Gasteiger partial charge in [-0.05, 0) is 65.1 Å². The average Bonchev–Trinajstić information content (AvgIpc) is 2.28. The molecule has 0 atom stereocenters. The molecule has 7 heteroatoms. The standard InChI is InChI=1S/C13H19Br2N3O2/c1-13(2,3)20-12(19)17-6-4-5-16-11-10(15)7-9(14)8-18-11/h7-8H,4-6H2,1-3H3,(H,16,18)(H,17,19). The SMILES string of the molecule is CC(C)(C)OC(=O)NCCCNc1ncc(Br)cc1Br. The fourth-order valence-corrected chi connectivity index (χ4v) is 2.47. The van der Waals surface area contributed by atoms with Crippen molar-refractivity contribution in [3.63, 3.8) is 0 Å². The summed E-state index contributed by atoms with van der Waals surface area (Å²) in [5, 5.41) is 5.90. The summed E-state index contributed by atoms with van der Waals surface area (Å²) >= 11 is 6.78. The first-order chi connectivity index (χ1) is 9.28. The summed E-state index contributed by atoms with van der Waals surface area (Å²) in [5.41, 5.74) is -0.464. The number of carbonyl (C=O) groups is 1. The van der Waals surface area contributed by atoms with Crippen molar-refractivity contribution < 1.29 is 9.53 Å². The first-order valence-corrected chi connectivity index (χ1v) is 7.88. The number of nitrogens with one attached hydrogen (secondary N) is 2. The van der Waals surface area contributed by atoms with Gasteiger partial charge in [-0.1, -0.05) is 0 Å². The van der Waals surface area contributed by atoms with Gasteiger partial charge in [0.15, 0.2) is 0 Å². The average molecular weight is 409 g/mol. The molecule has 1 rings (SSSR count). The molecule has 0 unspecified atom stereocenters. The Hall–Kier alpha value is -0.820. The fourth-order valence-electron chi connectivity index (χ4n) is 1.34. The third kappa shape index (κ3) is 7.09. The lowest BCUT2D eigenvalue weighted by atomic mass is 10.2. The van der Waals surface area contributed by atoms with Crippen LogP contribution in [0.4, 0.5) is 10.6 Å². The van der Waals surface area contributed by atoms with Crippen molar-refractivity contribution >= 4 is 43.8 Å². The van der Waals surface area contributed by atoms with E-state index in [1.807, 2.05) is 26.8 Å². The molecular weight excluding hydrogens is 390 g/mol. The number of halogens is 2. The predicted molar refractivity (Wildman–Crippen MR) is 87.0 cm³/mol. The van der Waals surface area contributed by atoms with E-state index in [0.717, 1.165) is 21.2 Å². The smallest absolute Gasteiger partial charge is 0.407 e. The summed E-state index contributed by atoms with van der Waals surface area (Å²) in [6, 6.07) is 1.92. The van der Waals surface area contributed by atoms with E-state index in [4.69, 9.17) is 4.74 Å². The van der Waals surface area contributed by atoms with Crippen molar-refractivity contribution in [2.45, 2.75) is 32.8 Å². The number of amides is 1. The van der Waals surface area contributed by atoms with Crippen molar-refractivity contribution in [1.82, 2.24) is 10.3 Å². The van der Waals surface area contributed by atoms with Crippen LogP contribution in [-0.4, -0.2) is 29.8 Å². The van der Waals surface area contributed by atoms with Gasteiger partial charge in [-0.25, -0.2) is 9.78 Å². The van der Waals surface area contributed by atoms with Crippen molar-refractivity contribution in [3.05, 3.63) is 21.2 Å². The second kappa shape index (κ2) is 7.83. The third-order valence-electron chi connectivity index (χ3n) is 2.12. The van der Waals surface area contributed by atoms with Crippen LogP contribution < -0.4 is 10.6 Å². The van der Waals surface area contributed by atoms with Crippen LogP contribution in [0.1, 0.15) is 27.2 Å². The van der Waals surface area contributed by atoms with Crippen molar-refractivity contribution in [1.29, 1.82) is 0 Å². The Labute approximate surface area is 136 Å². The molecule has 2 N–H and O–H groups in total. The number of alkyl carbamates (subject to hydrolysis) is 1.